The summed E-state index contributed by atoms with van der Waals surface area (Å²) in [6.07, 6.45) is 9.95. The van der Waals surface area contributed by atoms with Crippen molar-refractivity contribution in [1.29, 1.82) is 0 Å². The van der Waals surface area contributed by atoms with Crippen molar-refractivity contribution < 1.29 is 0 Å². The molecule has 0 fully saturated rings. The molecule has 1 aliphatic rings. The van der Waals surface area contributed by atoms with E-state index in [2.05, 4.69) is 256 Å². The van der Waals surface area contributed by atoms with Crippen molar-refractivity contribution in [3.8, 4) is 11.1 Å². The Hall–Kier alpha value is -7.74. The lowest BCUT2D eigenvalue weighted by atomic mass is 9.95. The first kappa shape index (κ1) is 39.4. The van der Waals surface area contributed by atoms with E-state index in [4.69, 9.17) is 0 Å². The number of hydrogen-bond acceptors (Lipinski definition) is 1. The molecule has 9 aromatic carbocycles. The molecule has 0 saturated carbocycles. The van der Waals surface area contributed by atoms with E-state index in [1.54, 1.807) is 0 Å². The number of nitrogens with zero attached hydrogens (tertiary/aromatic N) is 1. The van der Waals surface area contributed by atoms with Crippen molar-refractivity contribution in [2.24, 2.45) is 0 Å². The van der Waals surface area contributed by atoms with Gasteiger partial charge >= 0.3 is 0 Å². The van der Waals surface area contributed by atoms with Crippen molar-refractivity contribution in [3.05, 3.63) is 280 Å². The Bertz CT molecular complexity index is 3090. The summed E-state index contributed by atoms with van der Waals surface area (Å²) < 4.78 is 0. The van der Waals surface area contributed by atoms with E-state index in [1.165, 1.54) is 94.2 Å². The summed E-state index contributed by atoms with van der Waals surface area (Å²) >= 11 is 0. The van der Waals surface area contributed by atoms with Crippen molar-refractivity contribution in [1.82, 2.24) is 0 Å². The van der Waals surface area contributed by atoms with E-state index in [-0.39, 0.29) is 0 Å². The van der Waals surface area contributed by atoms with Gasteiger partial charge in [0.05, 0.1) is 5.69 Å². The Morgan fingerprint density at radius 3 is 1.63 bits per heavy atom. The summed E-state index contributed by atoms with van der Waals surface area (Å²) in [6.45, 7) is 6.52. The lowest BCUT2D eigenvalue weighted by molar-refractivity contribution is 1.17. The van der Waals surface area contributed by atoms with Crippen molar-refractivity contribution in [2.75, 3.05) is 4.90 Å². The summed E-state index contributed by atoms with van der Waals surface area (Å²) in [5.41, 5.74) is 22.2. The van der Waals surface area contributed by atoms with Crippen LogP contribution in [-0.2, 0) is 6.42 Å². The minimum absolute atomic E-state index is 0.894. The maximum Gasteiger partial charge on any atom is 0.0540 e. The van der Waals surface area contributed by atoms with E-state index in [9.17, 15) is 0 Å². The van der Waals surface area contributed by atoms with E-state index >= 15 is 0 Å². The average Bonchev–Trinajstić information content (AvgIpc) is 3.63. The van der Waals surface area contributed by atoms with Crippen LogP contribution in [0, 0.1) is 20.8 Å². The number of anilines is 3. The molecule has 1 aliphatic carbocycles. The molecule has 302 valence electrons. The van der Waals surface area contributed by atoms with Crippen LogP contribution in [0.15, 0.2) is 218 Å². The van der Waals surface area contributed by atoms with Gasteiger partial charge in [-0.15, -0.1) is 0 Å². The van der Waals surface area contributed by atoms with Gasteiger partial charge in [0.25, 0.3) is 0 Å². The van der Waals surface area contributed by atoms with E-state index < -0.39 is 0 Å². The third kappa shape index (κ3) is 8.10. The molecule has 10 rings (SSSR count). The number of rotatable bonds is 10. The monoisotopic (exact) mass is 807 g/mol. The molecule has 1 nitrogen and oxygen atoms in total. The van der Waals surface area contributed by atoms with Gasteiger partial charge in [-0.05, 0) is 135 Å². The predicted octanol–water partition coefficient (Wildman–Crippen LogP) is 16.5. The number of aryl methyl sites for hydroxylation is 3. The third-order valence-electron chi connectivity index (χ3n) is 12.4. The molecule has 0 heterocycles. The van der Waals surface area contributed by atoms with Crippen LogP contribution in [-0.4, -0.2) is 0 Å². The van der Waals surface area contributed by atoms with Gasteiger partial charge in [0.2, 0.25) is 0 Å². The molecule has 0 atom stereocenters. The lowest BCUT2D eigenvalue weighted by Gasteiger charge is -2.29. The zero-order valence-electron chi connectivity index (χ0n) is 36.1. The fourth-order valence-electron chi connectivity index (χ4n) is 9.13. The molecule has 1 heteroatoms. The first-order valence-electron chi connectivity index (χ1n) is 22.0. The highest BCUT2D eigenvalue weighted by atomic mass is 15.1. The molecule has 0 N–H and O–H groups in total. The lowest BCUT2D eigenvalue weighted by Crippen LogP contribution is -2.12. The molecule has 0 unspecified atom stereocenters. The van der Waals surface area contributed by atoms with E-state index in [1.807, 2.05) is 0 Å². The summed E-state index contributed by atoms with van der Waals surface area (Å²) in [5.74, 6) is 0. The second-order valence-corrected chi connectivity index (χ2v) is 16.8. The summed E-state index contributed by atoms with van der Waals surface area (Å²) in [7, 11) is 0. The standard InChI is InChI=1S/C62H49N/c1-43-24-31-50(32-25-43)53(51-33-26-44(2)27-34-51)23-13-16-49-35-39-62(59-22-12-7-17-54(49)59)63(61-38-30-48(40-45(61)3)41-46-14-5-4-6-15-46)52-36-28-47(29-37-52)42-60-57-20-10-8-18-55(57)56-19-9-11-21-58(56)60/h4-40,42H,41H2,1-3H3. The van der Waals surface area contributed by atoms with Gasteiger partial charge in [0.15, 0.2) is 0 Å². The Morgan fingerprint density at radius 2 is 1.02 bits per heavy atom. The van der Waals surface area contributed by atoms with E-state index in [0.29, 0.717) is 0 Å². The van der Waals surface area contributed by atoms with Gasteiger partial charge in [-0.25, -0.2) is 0 Å². The van der Waals surface area contributed by atoms with Gasteiger partial charge in [0, 0.05) is 16.8 Å². The molecule has 0 amide bonds. The fraction of sp³-hybridized carbons (Fsp3) is 0.0645. The Kier molecular flexibility index (Phi) is 10.8. The highest BCUT2D eigenvalue weighted by molar-refractivity contribution is 6.07. The summed E-state index contributed by atoms with van der Waals surface area (Å²) in [6, 6.07) is 75.4. The number of allylic oxidation sites excluding steroid dienone is 2. The van der Waals surface area contributed by atoms with Crippen LogP contribution in [0.1, 0.15) is 61.2 Å². The van der Waals surface area contributed by atoms with Gasteiger partial charge < -0.3 is 4.90 Å². The van der Waals surface area contributed by atoms with Gasteiger partial charge in [-0.2, -0.15) is 0 Å². The largest absolute Gasteiger partial charge is 0.310 e. The highest BCUT2D eigenvalue weighted by Crippen LogP contribution is 2.46. The van der Waals surface area contributed by atoms with Gasteiger partial charge in [-0.1, -0.05) is 211 Å². The first-order chi connectivity index (χ1) is 31.0. The SMILES string of the molecule is Cc1ccc(C(=CC=Cc2ccc(N(c3ccc(C=C4c5ccccc5-c5ccccc54)cc3)c3ccc(Cc4ccccc4)cc3C)c3ccccc23)c2ccc(C)cc2)cc1. The van der Waals surface area contributed by atoms with Crippen LogP contribution in [0.5, 0.6) is 0 Å². The van der Waals surface area contributed by atoms with Gasteiger partial charge in [-0.3, -0.25) is 0 Å². The topological polar surface area (TPSA) is 3.24 Å². The maximum atomic E-state index is 2.45. The first-order valence-corrected chi connectivity index (χ1v) is 22.0. The predicted molar refractivity (Wildman–Crippen MR) is 270 cm³/mol. The molecule has 63 heavy (non-hydrogen) atoms. The molecule has 0 radical (unpaired) electrons. The van der Waals surface area contributed by atoms with Crippen molar-refractivity contribution in [2.45, 2.75) is 27.2 Å². The number of fused-ring (bicyclic) bond motifs is 4. The molecule has 0 spiro atoms. The van der Waals surface area contributed by atoms with Crippen LogP contribution in [0.25, 0.3) is 45.2 Å². The van der Waals surface area contributed by atoms with Crippen molar-refractivity contribution >= 4 is 51.1 Å². The maximum absolute atomic E-state index is 2.45. The molecule has 0 bridgehead atoms. The fourth-order valence-corrected chi connectivity index (χ4v) is 9.13. The zero-order chi connectivity index (χ0) is 42.7. The Labute approximate surface area is 372 Å². The second kappa shape index (κ2) is 17.3. The Balaban J connectivity index is 1.06. The minimum atomic E-state index is 0.894. The summed E-state index contributed by atoms with van der Waals surface area (Å²) in [4.78, 5) is 2.45. The Morgan fingerprint density at radius 1 is 0.460 bits per heavy atom. The van der Waals surface area contributed by atoms with Crippen LogP contribution in [0.2, 0.25) is 0 Å². The zero-order valence-corrected chi connectivity index (χ0v) is 36.1. The van der Waals surface area contributed by atoms with Crippen LogP contribution in [0.3, 0.4) is 0 Å². The van der Waals surface area contributed by atoms with Crippen molar-refractivity contribution in [3.63, 3.8) is 0 Å². The molecule has 9 aromatic rings. The normalized spacial score (nSPS) is 11.7. The van der Waals surface area contributed by atoms with Crippen LogP contribution < -0.4 is 4.90 Å². The molecular weight excluding hydrogens is 759 g/mol. The van der Waals surface area contributed by atoms with E-state index in [0.717, 1.165) is 23.5 Å². The number of hydrogen-bond donors (Lipinski definition) is 0. The molecule has 0 aliphatic heterocycles. The average molecular weight is 808 g/mol. The third-order valence-corrected chi connectivity index (χ3v) is 12.4. The van der Waals surface area contributed by atoms with Gasteiger partial charge in [0.1, 0.15) is 0 Å². The molecule has 0 saturated heterocycles. The second-order valence-electron chi connectivity index (χ2n) is 16.8. The van der Waals surface area contributed by atoms with Crippen LogP contribution in [0.4, 0.5) is 17.1 Å². The smallest absolute Gasteiger partial charge is 0.0540 e. The highest BCUT2D eigenvalue weighted by Gasteiger charge is 2.23. The molecule has 0 aromatic heterocycles. The number of benzene rings is 9. The molecular formula is C62H49N. The quantitative estimate of drug-likeness (QED) is 0.124. The van der Waals surface area contributed by atoms with Crippen LogP contribution >= 0.6 is 0 Å². The summed E-state index contributed by atoms with van der Waals surface area (Å²) in [5, 5.41) is 2.40. The minimum Gasteiger partial charge on any atom is -0.310 e.